The Bertz CT molecular complexity index is 3010. The molecule has 4 amide bonds. The second kappa shape index (κ2) is 42.3. The highest BCUT2D eigenvalue weighted by Crippen LogP contribution is 2.40. The Morgan fingerprint density at radius 1 is 0.304 bits per heavy atom. The van der Waals surface area contributed by atoms with Crippen molar-refractivity contribution < 1.29 is 232 Å². The van der Waals surface area contributed by atoms with Gasteiger partial charge >= 0.3 is 0 Å². The highest BCUT2D eigenvalue weighted by molar-refractivity contribution is 5.74. The molecule has 9 rings (SSSR count). The number of amides is 4. The van der Waals surface area contributed by atoms with Gasteiger partial charge in [0.2, 0.25) is 24.1 Å². The molecule has 0 aromatic carbocycles. The molecule has 115 heavy (non-hydrogen) atoms. The summed E-state index contributed by atoms with van der Waals surface area (Å²) < 4.78 is 106. The Kier molecular flexibility index (Phi) is 34.9. The van der Waals surface area contributed by atoms with E-state index in [0.717, 1.165) is 20.8 Å². The highest BCUT2D eigenvalue weighted by Gasteiger charge is 2.61. The molecule has 0 bridgehead atoms. The summed E-state index contributed by atoms with van der Waals surface area (Å²) in [6, 6.07) is -7.01. The number of hydrogen-bond acceptors (Lipinski definition) is 47. The van der Waals surface area contributed by atoms with Crippen LogP contribution in [0.2, 0.25) is 0 Å². The third-order valence-electron chi connectivity index (χ3n) is 20.9. The van der Waals surface area contributed by atoms with E-state index in [1.54, 1.807) is 0 Å². The van der Waals surface area contributed by atoms with Crippen molar-refractivity contribution in [2.24, 2.45) is 0 Å². The van der Waals surface area contributed by atoms with Crippen molar-refractivity contribution in [2.45, 2.75) is 310 Å². The fraction of sp³-hybridized carbons (Fsp3) is 0.938. The summed E-state index contributed by atoms with van der Waals surface area (Å²) in [5.74, 6) is -2.97. The van der Waals surface area contributed by atoms with E-state index in [2.05, 4.69) is 21.3 Å². The lowest BCUT2D eigenvalue weighted by atomic mass is 9.93. The highest BCUT2D eigenvalue weighted by atomic mass is 16.8. The minimum Gasteiger partial charge on any atom is -0.394 e. The van der Waals surface area contributed by atoms with E-state index < -0.39 is 366 Å². The topological polar surface area (TPSA) is 788 Å². The van der Waals surface area contributed by atoms with Crippen molar-refractivity contribution in [1.82, 2.24) is 21.3 Å². The average Bonchev–Trinajstić information content (AvgIpc) is 0.766. The molecule has 9 aliphatic rings. The van der Waals surface area contributed by atoms with E-state index in [0.29, 0.717) is 0 Å². The molecule has 0 radical (unpaired) electrons. The third kappa shape index (κ3) is 21.4. The summed E-state index contributed by atoms with van der Waals surface area (Å²) in [7, 11) is 0. The van der Waals surface area contributed by atoms with Crippen molar-refractivity contribution in [3.63, 3.8) is 0 Å². The Morgan fingerprint density at radius 3 is 1.09 bits per heavy atom. The summed E-state index contributed by atoms with van der Waals surface area (Å²) in [4.78, 5) is 50.8. The molecular formula is C64H108N4O47. The van der Waals surface area contributed by atoms with Gasteiger partial charge in [0.15, 0.2) is 56.6 Å². The predicted molar refractivity (Wildman–Crippen MR) is 354 cm³/mol. The maximum Gasteiger partial charge on any atom is 0.217 e. The van der Waals surface area contributed by atoms with E-state index in [1.807, 2.05) is 0 Å². The lowest BCUT2D eigenvalue weighted by molar-refractivity contribution is -0.392. The Hall–Kier alpha value is -3.84. The van der Waals surface area contributed by atoms with Gasteiger partial charge in [-0.05, 0) is 6.92 Å². The molecule has 0 aromatic heterocycles. The lowest BCUT2D eigenvalue weighted by Crippen LogP contribution is -2.71. The first kappa shape index (κ1) is 95.0. The number of nitrogens with one attached hydrogen (secondary N) is 4. The number of aliphatic hydroxyl groups is 25. The quantitative estimate of drug-likeness (QED) is 0.0271. The second-order valence-electron chi connectivity index (χ2n) is 28.9. The minimum atomic E-state index is -2.59. The standard InChI is InChI=1S/C64H108N4O47/c1-16-32(81)40(89)44(93)60(100-16)115-55-42(91)34(83)22(7-71)105-64(55)112-52-31(68-19(4)80)58(102-24(9-73)36(52)85)114-54-38(87)28(14-99-56-29(66-17(2)78)39(88)49(26(11-75)106-56)109-61-45(94)41(90)33(82)21(6-70)103-61)108-63(48(54)97)111-51-30(67-18(3)79)57(101-23(8-72)35(51)84)113-53-37(86)25(10-74)104-62(47(53)96)110-50-27(12-76)107-59(46(95)43(50)92)98-13-20(5-69)65-15-77/h15-16,20-64,69-76,81-97H,5-14H2,1-4H3,(H,65,77)(H,66,78)(H,67,79)(H,68,80)/t16-,20+,21+,22+,23+,24+,25+,26+,27+,28+,29+,30+,31+,32+,33-,34-,35+,36+,37-,38-,39+,40+,41-,42-,43+,44-,45+,46+,47+,48+,49+,50+,51+,52+,53-,54-,55+,56+,57-,58-,59+,60-,61-,62-,63-,64-/m0/s1. The predicted octanol–water partition coefficient (Wildman–Crippen LogP) is -20.0. The van der Waals surface area contributed by atoms with Crippen LogP contribution in [0.4, 0.5) is 0 Å². The molecule has 29 N–H and O–H groups in total. The number of ether oxygens (including phenoxy) is 18. The number of carbonyl (C=O) groups excluding carboxylic acids is 4. The van der Waals surface area contributed by atoms with Gasteiger partial charge < -0.3 is 234 Å². The van der Waals surface area contributed by atoms with Gasteiger partial charge in [-0.1, -0.05) is 0 Å². The maximum atomic E-state index is 13.4. The average molecular weight is 1690 g/mol. The third-order valence-corrected chi connectivity index (χ3v) is 20.9. The second-order valence-corrected chi connectivity index (χ2v) is 28.9. The fourth-order valence-corrected chi connectivity index (χ4v) is 14.6. The minimum absolute atomic E-state index is 0.241. The first-order valence-corrected chi connectivity index (χ1v) is 36.7. The van der Waals surface area contributed by atoms with Gasteiger partial charge in [0.25, 0.3) is 0 Å². The van der Waals surface area contributed by atoms with Crippen LogP contribution in [0.3, 0.4) is 0 Å². The largest absolute Gasteiger partial charge is 0.394 e. The number of rotatable bonds is 33. The van der Waals surface area contributed by atoms with Gasteiger partial charge in [-0.3, -0.25) is 19.2 Å². The van der Waals surface area contributed by atoms with Crippen molar-refractivity contribution in [2.75, 3.05) is 66.1 Å². The zero-order valence-corrected chi connectivity index (χ0v) is 61.9. The molecule has 0 spiro atoms. The summed E-state index contributed by atoms with van der Waals surface area (Å²) in [5, 5.41) is 287. The van der Waals surface area contributed by atoms with Crippen LogP contribution in [0.1, 0.15) is 27.7 Å². The molecule has 51 heteroatoms. The molecule has 0 saturated carbocycles. The van der Waals surface area contributed by atoms with Crippen molar-refractivity contribution in [3.8, 4) is 0 Å². The van der Waals surface area contributed by atoms with Gasteiger partial charge in [0, 0.05) is 20.8 Å². The SMILES string of the molecule is CC(=O)N[C@H]1[C@H](OC[C@H]2O[C@@H](O[C@H]3[C@H](O)[C@@H](CO)O[C@@H](O[C@H]4[C@@H](O)[C@@H](CO)O[C@@H](O[C@H]5[C@H](O)[C@@H](O)[C@H](OC[C@@H](CO)NC=O)O[C@@H]5CO)[C@@H]4O)[C@@H]3NC(C)=O)[C@H](O)[C@@H](O[C@@H]3O[C@H](CO)[C@@H](O)[C@H](O[C@@H]4O[C@H](CO)[C@H](O)[C@H](O)[C@H]4O[C@@H]4O[C@@H](C)[C@@H](O)[C@@H](O)[C@@H]4O)[C@H]3NC(C)=O)[C@H]2O)O[C@H](CO)[C@@H](O[C@@H]2O[C@H](CO)[C@H](O)[C@H](O)[C@H]2O)[C@@H]1O. The molecule has 0 unspecified atom stereocenters. The van der Waals surface area contributed by atoms with E-state index in [4.69, 9.17) is 85.3 Å². The molecule has 9 aliphatic heterocycles. The van der Waals surface area contributed by atoms with Gasteiger partial charge in [-0.2, -0.15) is 0 Å². The van der Waals surface area contributed by atoms with E-state index >= 15 is 0 Å². The van der Waals surface area contributed by atoms with Crippen molar-refractivity contribution in [3.05, 3.63) is 0 Å². The van der Waals surface area contributed by atoms with E-state index in [9.17, 15) is 147 Å². The lowest BCUT2D eigenvalue weighted by Gasteiger charge is -2.51. The van der Waals surface area contributed by atoms with E-state index in [1.165, 1.54) is 6.92 Å². The Morgan fingerprint density at radius 2 is 0.626 bits per heavy atom. The number of hydrogen-bond donors (Lipinski definition) is 29. The van der Waals surface area contributed by atoms with Crippen LogP contribution in [-0.4, -0.2) is 500 Å². The van der Waals surface area contributed by atoms with Crippen molar-refractivity contribution in [1.29, 1.82) is 0 Å². The van der Waals surface area contributed by atoms with E-state index in [-0.39, 0.29) is 6.41 Å². The first-order chi connectivity index (χ1) is 54.5. The van der Waals surface area contributed by atoms with Crippen LogP contribution in [0, 0.1) is 0 Å². The molecule has 0 aromatic rings. The first-order valence-electron chi connectivity index (χ1n) is 36.7. The van der Waals surface area contributed by atoms with Gasteiger partial charge in [0.05, 0.1) is 78.2 Å². The van der Waals surface area contributed by atoms with Crippen LogP contribution in [-0.2, 0) is 104 Å². The molecule has 51 nitrogen and oxygen atoms in total. The summed E-state index contributed by atoms with van der Waals surface area (Å²) in [5.41, 5.74) is 0. The Balaban J connectivity index is 1.05. The number of carbonyl (C=O) groups is 4. The summed E-state index contributed by atoms with van der Waals surface area (Å²) >= 11 is 0. The summed E-state index contributed by atoms with van der Waals surface area (Å²) in [6.07, 6.45) is -86.1. The molecular weight excluding hydrogens is 1580 g/mol. The zero-order chi connectivity index (χ0) is 84.6. The summed E-state index contributed by atoms with van der Waals surface area (Å²) in [6.45, 7) is -5.95. The molecule has 666 valence electrons. The molecule has 46 atom stereocenters. The van der Waals surface area contributed by atoms with Gasteiger partial charge in [0.1, 0.15) is 213 Å². The Labute approximate surface area is 651 Å². The van der Waals surface area contributed by atoms with Crippen LogP contribution in [0.15, 0.2) is 0 Å². The molecule has 9 heterocycles. The van der Waals surface area contributed by atoms with Crippen LogP contribution >= 0.6 is 0 Å². The normalized spacial score (nSPS) is 48.2. The van der Waals surface area contributed by atoms with Crippen LogP contribution in [0.25, 0.3) is 0 Å². The van der Waals surface area contributed by atoms with Gasteiger partial charge in [-0.25, -0.2) is 0 Å². The monoisotopic (exact) mass is 1680 g/mol. The fourth-order valence-electron chi connectivity index (χ4n) is 14.6. The number of aliphatic hydroxyl groups excluding tert-OH is 25. The van der Waals surface area contributed by atoms with Crippen LogP contribution < -0.4 is 21.3 Å². The smallest absolute Gasteiger partial charge is 0.217 e. The molecule has 0 aliphatic carbocycles. The van der Waals surface area contributed by atoms with Crippen molar-refractivity contribution >= 4 is 24.1 Å². The maximum absolute atomic E-state index is 13.4. The zero-order valence-electron chi connectivity index (χ0n) is 61.9. The van der Waals surface area contributed by atoms with Gasteiger partial charge in [-0.15, -0.1) is 0 Å². The van der Waals surface area contributed by atoms with Crippen LogP contribution in [0.5, 0.6) is 0 Å². The molecule has 9 saturated heterocycles. The molecule has 9 fully saturated rings.